The van der Waals surface area contributed by atoms with Crippen LogP contribution in [-0.2, 0) is 20.8 Å². The molecule has 7 nitrogen and oxygen atoms in total. The molecule has 180 valence electrons. The number of nitrogens with zero attached hydrogens (tertiary/aromatic N) is 2. The van der Waals surface area contributed by atoms with E-state index in [1.54, 1.807) is 14.2 Å². The molecule has 5 rings (SSSR count). The van der Waals surface area contributed by atoms with E-state index in [2.05, 4.69) is 0 Å². The Hall–Kier alpha value is -3.06. The lowest BCUT2D eigenvalue weighted by Gasteiger charge is -2.35. The summed E-state index contributed by atoms with van der Waals surface area (Å²) in [5.41, 5.74) is 1.89. The van der Waals surface area contributed by atoms with E-state index >= 15 is 0 Å². The van der Waals surface area contributed by atoms with E-state index in [9.17, 15) is 9.59 Å². The van der Waals surface area contributed by atoms with Gasteiger partial charge in [-0.25, -0.2) is 5.06 Å². The highest BCUT2D eigenvalue weighted by molar-refractivity contribution is 6.07. The number of carbonyl (C=O) groups is 2. The van der Waals surface area contributed by atoms with Crippen molar-refractivity contribution >= 4 is 17.5 Å². The molecule has 3 atom stereocenters. The first-order chi connectivity index (χ1) is 16.6. The Morgan fingerprint density at radius 1 is 0.912 bits per heavy atom. The number of benzene rings is 2. The van der Waals surface area contributed by atoms with Gasteiger partial charge in [0.2, 0.25) is 5.91 Å². The number of anilines is 1. The largest absolute Gasteiger partial charge is 0.493 e. The smallest absolute Gasteiger partial charge is 0.261 e. The minimum atomic E-state index is -0.745. The van der Waals surface area contributed by atoms with Gasteiger partial charge in [0.15, 0.2) is 17.6 Å². The third kappa shape index (κ3) is 4.02. The number of methoxy groups -OCH3 is 2. The third-order valence-corrected chi connectivity index (χ3v) is 7.47. The zero-order chi connectivity index (χ0) is 23.7. The Kier molecular flexibility index (Phi) is 6.46. The minimum Gasteiger partial charge on any atom is -0.493 e. The normalized spacial score (nSPS) is 25.1. The maximum Gasteiger partial charge on any atom is 0.261 e. The molecule has 1 saturated carbocycles. The van der Waals surface area contributed by atoms with Crippen molar-refractivity contribution in [3.8, 4) is 11.5 Å². The molecule has 3 fully saturated rings. The van der Waals surface area contributed by atoms with Crippen molar-refractivity contribution in [1.82, 2.24) is 4.90 Å². The molecule has 2 heterocycles. The number of likely N-dealkylation sites (tertiary alicyclic amines) is 1. The summed E-state index contributed by atoms with van der Waals surface area (Å²) in [7, 11) is 3.19. The molecule has 2 amide bonds. The van der Waals surface area contributed by atoms with Crippen molar-refractivity contribution in [2.45, 2.75) is 50.7 Å². The van der Waals surface area contributed by atoms with Gasteiger partial charge in [-0.15, -0.1) is 0 Å². The van der Waals surface area contributed by atoms with Gasteiger partial charge in [0.25, 0.3) is 5.91 Å². The summed E-state index contributed by atoms with van der Waals surface area (Å²) < 4.78 is 10.7. The van der Waals surface area contributed by atoms with Gasteiger partial charge in [-0.1, -0.05) is 43.5 Å². The first-order valence-electron chi connectivity index (χ1n) is 12.2. The van der Waals surface area contributed by atoms with Crippen LogP contribution in [0.4, 0.5) is 5.69 Å². The summed E-state index contributed by atoms with van der Waals surface area (Å²) in [4.78, 5) is 34.6. The van der Waals surface area contributed by atoms with E-state index in [1.807, 2.05) is 53.6 Å². The first-order valence-corrected chi connectivity index (χ1v) is 12.2. The van der Waals surface area contributed by atoms with E-state index in [0.29, 0.717) is 30.4 Å². The zero-order valence-corrected chi connectivity index (χ0v) is 19.8. The molecule has 2 aromatic rings. The summed E-state index contributed by atoms with van der Waals surface area (Å²) >= 11 is 0. The Labute approximate surface area is 200 Å². The number of hydrogen-bond donors (Lipinski definition) is 0. The van der Waals surface area contributed by atoms with Crippen molar-refractivity contribution < 1.29 is 23.9 Å². The van der Waals surface area contributed by atoms with Crippen LogP contribution in [0.5, 0.6) is 11.5 Å². The molecule has 0 N–H and O–H groups in total. The topological polar surface area (TPSA) is 68.3 Å². The van der Waals surface area contributed by atoms with E-state index in [0.717, 1.165) is 36.9 Å². The fourth-order valence-corrected chi connectivity index (χ4v) is 5.77. The number of hydrogen-bond acceptors (Lipinski definition) is 6. The van der Waals surface area contributed by atoms with Crippen molar-refractivity contribution in [1.29, 1.82) is 0 Å². The summed E-state index contributed by atoms with van der Waals surface area (Å²) in [6.45, 7) is 0.326. The van der Waals surface area contributed by atoms with Gasteiger partial charge in [-0.3, -0.25) is 19.3 Å². The first kappa shape index (κ1) is 22.7. The fraction of sp³-hybridized carbons (Fsp3) is 0.481. The van der Waals surface area contributed by atoms with Gasteiger partial charge < -0.3 is 9.47 Å². The van der Waals surface area contributed by atoms with Crippen LogP contribution in [0.25, 0.3) is 0 Å². The van der Waals surface area contributed by atoms with Crippen LogP contribution in [-0.4, -0.2) is 49.6 Å². The highest BCUT2D eigenvalue weighted by Crippen LogP contribution is 2.45. The molecule has 7 heteroatoms. The van der Waals surface area contributed by atoms with E-state index in [4.69, 9.17) is 14.3 Å². The van der Waals surface area contributed by atoms with Gasteiger partial charge in [0.05, 0.1) is 31.9 Å². The lowest BCUT2D eigenvalue weighted by Crippen LogP contribution is -2.45. The molecule has 2 aliphatic heterocycles. The molecule has 34 heavy (non-hydrogen) atoms. The van der Waals surface area contributed by atoms with Crippen LogP contribution in [0, 0.1) is 11.8 Å². The predicted octanol–water partition coefficient (Wildman–Crippen LogP) is 4.00. The molecular formula is C27H32N2O5. The zero-order valence-electron chi connectivity index (χ0n) is 19.8. The monoisotopic (exact) mass is 464 g/mol. The molecule has 3 aliphatic rings. The SMILES string of the molecule is COc1ccc(CCN2C(=O)[C@@H]3[C@@H](C4CCCCC4)N(c4ccccc4)O[C@H]3C2=O)cc1OC. The van der Waals surface area contributed by atoms with Crippen LogP contribution in [0.3, 0.4) is 0 Å². The summed E-state index contributed by atoms with van der Waals surface area (Å²) in [6.07, 6.45) is 5.48. The maximum absolute atomic E-state index is 13.6. The number of rotatable bonds is 7. The second-order valence-corrected chi connectivity index (χ2v) is 9.37. The Morgan fingerprint density at radius 2 is 1.65 bits per heavy atom. The Bertz CT molecular complexity index is 1040. The van der Waals surface area contributed by atoms with Gasteiger partial charge >= 0.3 is 0 Å². The van der Waals surface area contributed by atoms with E-state index in [-0.39, 0.29) is 17.9 Å². The standard InChI is InChI=1S/C27H32N2O5/c1-32-21-14-13-18(17-22(21)33-2)15-16-28-26(30)23-24(19-9-5-3-6-10-19)29(34-25(23)27(28)31)20-11-7-4-8-12-20/h4,7-8,11-14,17,19,23-25H,3,5-6,9-10,15-16H2,1-2H3/t23-,24-,25-/m1/s1. The maximum atomic E-state index is 13.6. The highest BCUT2D eigenvalue weighted by Gasteiger charge is 2.60. The summed E-state index contributed by atoms with van der Waals surface area (Å²) in [5, 5.41) is 1.87. The molecule has 0 radical (unpaired) electrons. The van der Waals surface area contributed by atoms with Crippen LogP contribution in [0.2, 0.25) is 0 Å². The molecule has 0 bridgehead atoms. The van der Waals surface area contributed by atoms with Crippen molar-refractivity contribution in [3.05, 3.63) is 54.1 Å². The number of ether oxygens (including phenoxy) is 2. The Balaban J connectivity index is 1.36. The molecular weight excluding hydrogens is 432 g/mol. The highest BCUT2D eigenvalue weighted by atomic mass is 16.7. The van der Waals surface area contributed by atoms with Gasteiger partial charge in [0, 0.05) is 6.54 Å². The minimum absolute atomic E-state index is 0.107. The molecule has 0 unspecified atom stereocenters. The number of hydroxylamine groups is 1. The average Bonchev–Trinajstić information content (AvgIpc) is 3.39. The number of carbonyl (C=O) groups excluding carboxylic acids is 2. The number of imide groups is 1. The van der Waals surface area contributed by atoms with Crippen molar-refractivity contribution in [3.63, 3.8) is 0 Å². The number of amides is 2. The molecule has 2 aromatic carbocycles. The van der Waals surface area contributed by atoms with Crippen LogP contribution in [0.15, 0.2) is 48.5 Å². The van der Waals surface area contributed by atoms with Gasteiger partial charge in [-0.2, -0.15) is 0 Å². The van der Waals surface area contributed by atoms with Crippen LogP contribution in [0.1, 0.15) is 37.7 Å². The van der Waals surface area contributed by atoms with Crippen LogP contribution < -0.4 is 14.5 Å². The molecule has 1 aliphatic carbocycles. The van der Waals surface area contributed by atoms with Crippen molar-refractivity contribution in [2.75, 3.05) is 25.8 Å². The summed E-state index contributed by atoms with van der Waals surface area (Å²) in [5.74, 6) is 0.834. The van der Waals surface area contributed by atoms with Crippen LogP contribution >= 0.6 is 0 Å². The molecule has 0 spiro atoms. The van der Waals surface area contributed by atoms with E-state index < -0.39 is 12.0 Å². The number of para-hydroxylation sites is 1. The lowest BCUT2D eigenvalue weighted by atomic mass is 9.77. The van der Waals surface area contributed by atoms with Gasteiger partial charge in [-0.05, 0) is 55.0 Å². The average molecular weight is 465 g/mol. The molecule has 2 saturated heterocycles. The Morgan fingerprint density at radius 3 is 2.35 bits per heavy atom. The number of fused-ring (bicyclic) bond motifs is 1. The summed E-state index contributed by atoms with van der Waals surface area (Å²) in [6, 6.07) is 15.4. The quantitative estimate of drug-likeness (QED) is 0.577. The fourth-order valence-electron chi connectivity index (χ4n) is 5.77. The molecule has 0 aromatic heterocycles. The van der Waals surface area contributed by atoms with Crippen molar-refractivity contribution in [2.24, 2.45) is 11.8 Å². The predicted molar refractivity (Wildman–Crippen MR) is 128 cm³/mol. The second kappa shape index (κ2) is 9.66. The van der Waals surface area contributed by atoms with E-state index in [1.165, 1.54) is 11.3 Å². The second-order valence-electron chi connectivity index (χ2n) is 9.37. The van der Waals surface area contributed by atoms with Gasteiger partial charge in [0.1, 0.15) is 0 Å². The lowest BCUT2D eigenvalue weighted by molar-refractivity contribution is -0.143. The third-order valence-electron chi connectivity index (χ3n) is 7.47.